The van der Waals surface area contributed by atoms with Crippen LogP contribution in [0.1, 0.15) is 52.7 Å². The molecule has 0 aliphatic heterocycles. The van der Waals surface area contributed by atoms with E-state index in [9.17, 15) is 0 Å². The highest BCUT2D eigenvalue weighted by Crippen LogP contribution is 2.42. The highest BCUT2D eigenvalue weighted by Gasteiger charge is 2.24. The van der Waals surface area contributed by atoms with Crippen molar-refractivity contribution in [1.29, 1.82) is 0 Å². The Labute approximate surface area is 123 Å². The van der Waals surface area contributed by atoms with E-state index in [0.29, 0.717) is 0 Å². The van der Waals surface area contributed by atoms with Gasteiger partial charge in [0, 0.05) is 0 Å². The smallest absolute Gasteiger partial charge is 0.112 e. The molecule has 0 bridgehead atoms. The summed E-state index contributed by atoms with van der Waals surface area (Å²) in [5.74, 6) is 0. The van der Waals surface area contributed by atoms with E-state index in [1.807, 2.05) is 0 Å². The number of fused-ring (bicyclic) bond motifs is 1. The standard InChI is InChI=1S/C15H20S3/c1-14(2,3)9-7-8-10(15(4,5)6)12-11(9)17-13(16)18-12/h7-8H,1-6H3. The Morgan fingerprint density at radius 2 is 1.11 bits per heavy atom. The lowest BCUT2D eigenvalue weighted by Crippen LogP contribution is -2.14. The molecule has 0 saturated carbocycles. The topological polar surface area (TPSA) is 0 Å². The molecule has 0 aliphatic rings. The lowest BCUT2D eigenvalue weighted by molar-refractivity contribution is 0.586. The van der Waals surface area contributed by atoms with Crippen LogP contribution in [0.25, 0.3) is 9.40 Å². The molecule has 0 unspecified atom stereocenters. The van der Waals surface area contributed by atoms with Crippen molar-refractivity contribution in [3.8, 4) is 0 Å². The first kappa shape index (κ1) is 14.2. The second-order valence-electron chi connectivity index (χ2n) is 6.77. The van der Waals surface area contributed by atoms with Gasteiger partial charge in [0.25, 0.3) is 0 Å². The van der Waals surface area contributed by atoms with Crippen LogP contribution in [0.3, 0.4) is 0 Å². The van der Waals surface area contributed by atoms with Crippen molar-refractivity contribution >= 4 is 44.3 Å². The van der Waals surface area contributed by atoms with Crippen molar-refractivity contribution in [2.75, 3.05) is 0 Å². The van der Waals surface area contributed by atoms with Gasteiger partial charge >= 0.3 is 0 Å². The highest BCUT2D eigenvalue weighted by atomic mass is 32.2. The van der Waals surface area contributed by atoms with Gasteiger partial charge in [-0.25, -0.2) is 0 Å². The Morgan fingerprint density at radius 1 is 0.778 bits per heavy atom. The molecular formula is C15H20S3. The molecule has 2 rings (SSSR count). The first-order valence-corrected chi connectivity index (χ1v) is 8.22. The number of benzene rings is 1. The van der Waals surface area contributed by atoms with Gasteiger partial charge in [-0.3, -0.25) is 0 Å². The van der Waals surface area contributed by atoms with Crippen LogP contribution in [0.2, 0.25) is 0 Å². The van der Waals surface area contributed by atoms with Crippen molar-refractivity contribution in [2.45, 2.75) is 52.4 Å². The summed E-state index contributed by atoms with van der Waals surface area (Å²) in [5, 5.41) is 0. The second-order valence-corrected chi connectivity index (χ2v) is 10.00. The van der Waals surface area contributed by atoms with Crippen molar-refractivity contribution in [3.63, 3.8) is 0 Å². The Balaban J connectivity index is 2.87. The summed E-state index contributed by atoms with van der Waals surface area (Å²) in [6.07, 6.45) is 0. The average molecular weight is 297 g/mol. The van der Waals surface area contributed by atoms with Gasteiger partial charge in [0.15, 0.2) is 0 Å². The molecule has 0 N–H and O–H groups in total. The largest absolute Gasteiger partial charge is 0.144 e. The molecular weight excluding hydrogens is 276 g/mol. The molecule has 0 aliphatic carbocycles. The maximum absolute atomic E-state index is 5.42. The predicted molar refractivity (Wildman–Crippen MR) is 87.9 cm³/mol. The fraction of sp³-hybridized carbons (Fsp3) is 0.533. The lowest BCUT2D eigenvalue weighted by atomic mass is 9.82. The molecule has 0 nitrogen and oxygen atoms in total. The van der Waals surface area contributed by atoms with Gasteiger partial charge in [-0.05, 0) is 22.0 Å². The third kappa shape index (κ3) is 2.54. The highest BCUT2D eigenvalue weighted by molar-refractivity contribution is 7.77. The molecule has 98 valence electrons. The molecule has 0 fully saturated rings. The van der Waals surface area contributed by atoms with Crippen LogP contribution < -0.4 is 0 Å². The van der Waals surface area contributed by atoms with Gasteiger partial charge in [-0.1, -0.05) is 65.9 Å². The summed E-state index contributed by atoms with van der Waals surface area (Å²) in [6, 6.07) is 4.59. The summed E-state index contributed by atoms with van der Waals surface area (Å²) in [5.41, 5.74) is 3.19. The molecule has 0 saturated heterocycles. The number of rotatable bonds is 0. The minimum Gasteiger partial charge on any atom is -0.112 e. The summed E-state index contributed by atoms with van der Waals surface area (Å²) in [7, 11) is 0. The van der Waals surface area contributed by atoms with E-state index < -0.39 is 0 Å². The summed E-state index contributed by atoms with van der Waals surface area (Å²) in [4.78, 5) is 0. The van der Waals surface area contributed by atoms with E-state index in [1.165, 1.54) is 20.5 Å². The van der Waals surface area contributed by atoms with Gasteiger partial charge in [-0.2, -0.15) is 0 Å². The number of hydrogen-bond donors (Lipinski definition) is 0. The molecule has 0 radical (unpaired) electrons. The molecule has 0 atom stereocenters. The van der Waals surface area contributed by atoms with E-state index >= 15 is 0 Å². The molecule has 2 aromatic rings. The van der Waals surface area contributed by atoms with E-state index in [1.54, 1.807) is 22.7 Å². The summed E-state index contributed by atoms with van der Waals surface area (Å²) in [6.45, 7) is 13.6. The number of hydrogen-bond acceptors (Lipinski definition) is 3. The van der Waals surface area contributed by atoms with Crippen molar-refractivity contribution < 1.29 is 0 Å². The van der Waals surface area contributed by atoms with E-state index in [4.69, 9.17) is 12.2 Å². The quantitative estimate of drug-likeness (QED) is 0.515. The zero-order chi connectivity index (χ0) is 13.7. The maximum atomic E-state index is 5.42. The van der Waals surface area contributed by atoms with Crippen LogP contribution in [0.4, 0.5) is 0 Å². The first-order chi connectivity index (χ1) is 8.10. The van der Waals surface area contributed by atoms with Crippen molar-refractivity contribution in [2.24, 2.45) is 0 Å². The SMILES string of the molecule is CC(C)(C)c1ccc(C(C)(C)C)c2sc(=S)sc12. The van der Waals surface area contributed by atoms with Gasteiger partial charge in [0.2, 0.25) is 0 Å². The minimum atomic E-state index is 0.175. The Morgan fingerprint density at radius 3 is 1.39 bits per heavy atom. The van der Waals surface area contributed by atoms with Crippen LogP contribution in [0, 0.1) is 3.14 Å². The lowest BCUT2D eigenvalue weighted by Gasteiger charge is -2.24. The van der Waals surface area contributed by atoms with Crippen LogP contribution in [0.5, 0.6) is 0 Å². The van der Waals surface area contributed by atoms with Gasteiger partial charge < -0.3 is 0 Å². The third-order valence-corrected chi connectivity index (χ3v) is 5.82. The van der Waals surface area contributed by atoms with Crippen LogP contribution in [-0.4, -0.2) is 0 Å². The molecule has 1 aromatic carbocycles. The molecule has 1 heterocycles. The van der Waals surface area contributed by atoms with E-state index in [0.717, 1.165) is 3.14 Å². The van der Waals surface area contributed by atoms with Crippen LogP contribution in [0.15, 0.2) is 12.1 Å². The van der Waals surface area contributed by atoms with Crippen molar-refractivity contribution in [3.05, 3.63) is 26.4 Å². The average Bonchev–Trinajstić information content (AvgIpc) is 2.53. The van der Waals surface area contributed by atoms with Gasteiger partial charge in [0.1, 0.15) is 3.14 Å². The minimum absolute atomic E-state index is 0.175. The van der Waals surface area contributed by atoms with Gasteiger partial charge in [0.05, 0.1) is 9.40 Å². The molecule has 1 aromatic heterocycles. The zero-order valence-electron chi connectivity index (χ0n) is 11.9. The monoisotopic (exact) mass is 296 g/mol. The van der Waals surface area contributed by atoms with E-state index in [2.05, 4.69) is 53.7 Å². The van der Waals surface area contributed by atoms with E-state index in [-0.39, 0.29) is 10.8 Å². The normalized spacial score (nSPS) is 13.2. The Bertz CT molecular complexity index is 576. The zero-order valence-corrected chi connectivity index (χ0v) is 14.3. The predicted octanol–water partition coefficient (Wildman–Crippen LogP) is 6.29. The fourth-order valence-electron chi connectivity index (χ4n) is 2.13. The molecule has 18 heavy (non-hydrogen) atoms. The maximum Gasteiger partial charge on any atom is 0.144 e. The summed E-state index contributed by atoms with van der Waals surface area (Å²) >= 11 is 8.95. The van der Waals surface area contributed by atoms with Crippen LogP contribution >= 0.6 is 34.9 Å². The Kier molecular flexibility index (Phi) is 3.46. The second kappa shape index (κ2) is 4.39. The van der Waals surface area contributed by atoms with Gasteiger partial charge in [-0.15, -0.1) is 22.7 Å². The molecule has 0 amide bonds. The van der Waals surface area contributed by atoms with Crippen LogP contribution in [-0.2, 0) is 10.8 Å². The fourth-order valence-corrected chi connectivity index (χ4v) is 5.26. The Hall–Kier alpha value is -0.250. The third-order valence-electron chi connectivity index (χ3n) is 3.10. The summed E-state index contributed by atoms with van der Waals surface area (Å²) < 4.78 is 3.82. The molecule has 0 spiro atoms. The molecule has 3 heteroatoms. The first-order valence-electron chi connectivity index (χ1n) is 6.18. The van der Waals surface area contributed by atoms with Crippen molar-refractivity contribution in [1.82, 2.24) is 0 Å².